The van der Waals surface area contributed by atoms with Gasteiger partial charge in [-0.1, -0.05) is 30.3 Å². The van der Waals surface area contributed by atoms with E-state index in [1.165, 1.54) is 0 Å². The van der Waals surface area contributed by atoms with Gasteiger partial charge >= 0.3 is 6.18 Å². The van der Waals surface area contributed by atoms with Crippen molar-refractivity contribution in [2.45, 2.75) is 11.1 Å². The highest BCUT2D eigenvalue weighted by molar-refractivity contribution is 7.92. The van der Waals surface area contributed by atoms with Crippen molar-refractivity contribution in [1.82, 2.24) is 9.88 Å². The average Bonchev–Trinajstić information content (AvgIpc) is 2.73. The number of nitrogens with zero attached hydrogens (tertiary/aromatic N) is 3. The maximum atomic E-state index is 13.0. The molecule has 0 bridgehead atoms. The van der Waals surface area contributed by atoms with Crippen molar-refractivity contribution in [2.24, 2.45) is 0 Å². The van der Waals surface area contributed by atoms with Gasteiger partial charge in [0, 0.05) is 31.6 Å². The lowest BCUT2D eigenvalue weighted by molar-refractivity contribution is -0.137. The van der Waals surface area contributed by atoms with Crippen LogP contribution in [0, 0.1) is 0 Å². The number of aromatic nitrogens is 1. The van der Waals surface area contributed by atoms with Gasteiger partial charge in [0.15, 0.2) is 0 Å². The second-order valence-electron chi connectivity index (χ2n) is 7.47. The molecule has 2 heterocycles. The van der Waals surface area contributed by atoms with E-state index in [0.29, 0.717) is 11.9 Å². The second kappa shape index (κ2) is 8.01. The van der Waals surface area contributed by atoms with E-state index < -0.39 is 26.7 Å². The van der Waals surface area contributed by atoms with Gasteiger partial charge < -0.3 is 9.80 Å². The van der Waals surface area contributed by atoms with E-state index in [-0.39, 0.29) is 5.82 Å². The zero-order valence-corrected chi connectivity index (χ0v) is 17.5. The predicted octanol–water partition coefficient (Wildman–Crippen LogP) is 3.81. The Morgan fingerprint density at radius 1 is 0.968 bits per heavy atom. The minimum atomic E-state index is -4.64. The third kappa shape index (κ3) is 4.59. The summed E-state index contributed by atoms with van der Waals surface area (Å²) in [6.07, 6.45) is -4.64. The minimum absolute atomic E-state index is 0.0602. The van der Waals surface area contributed by atoms with Crippen LogP contribution in [0.1, 0.15) is 5.56 Å². The molecule has 6 nitrogen and oxygen atoms in total. The molecule has 31 heavy (non-hydrogen) atoms. The minimum Gasteiger partial charge on any atom is -0.353 e. The zero-order chi connectivity index (χ0) is 22.2. The molecule has 0 unspecified atom stereocenters. The lowest BCUT2D eigenvalue weighted by Crippen LogP contribution is -2.45. The molecule has 0 amide bonds. The molecule has 2 aromatic carbocycles. The van der Waals surface area contributed by atoms with Crippen LogP contribution in [0.25, 0.3) is 10.8 Å². The number of pyridine rings is 1. The molecular weight excluding hydrogens is 429 g/mol. The summed E-state index contributed by atoms with van der Waals surface area (Å²) < 4.78 is 67.0. The Kier molecular flexibility index (Phi) is 5.52. The number of hydrogen-bond donors (Lipinski definition) is 1. The SMILES string of the molecule is CN1CCN(c2nc(NS(=O)(=O)c3cccc(C(F)(F)F)c3)cc3ccccc23)CC1. The zero-order valence-electron chi connectivity index (χ0n) is 16.7. The lowest BCUT2D eigenvalue weighted by Gasteiger charge is -2.34. The van der Waals surface area contributed by atoms with E-state index in [4.69, 9.17) is 0 Å². The van der Waals surface area contributed by atoms with Crippen LogP contribution in [-0.4, -0.2) is 51.5 Å². The van der Waals surface area contributed by atoms with Crippen LogP contribution in [0.4, 0.5) is 24.8 Å². The Morgan fingerprint density at radius 3 is 2.39 bits per heavy atom. The Morgan fingerprint density at radius 2 is 1.68 bits per heavy atom. The van der Waals surface area contributed by atoms with Crippen LogP contribution in [0.15, 0.2) is 59.5 Å². The first-order chi connectivity index (χ1) is 14.6. The van der Waals surface area contributed by atoms with Crippen LogP contribution in [-0.2, 0) is 16.2 Å². The highest BCUT2D eigenvalue weighted by Gasteiger charge is 2.32. The molecule has 1 aliphatic heterocycles. The van der Waals surface area contributed by atoms with Gasteiger partial charge in [0.05, 0.1) is 10.5 Å². The second-order valence-corrected chi connectivity index (χ2v) is 9.16. The third-order valence-electron chi connectivity index (χ3n) is 5.23. The molecule has 0 radical (unpaired) electrons. The molecule has 1 saturated heterocycles. The molecule has 1 aromatic heterocycles. The number of alkyl halides is 3. The number of nitrogens with one attached hydrogen (secondary N) is 1. The Balaban J connectivity index is 1.72. The van der Waals surface area contributed by atoms with Crippen molar-refractivity contribution in [3.63, 3.8) is 0 Å². The van der Waals surface area contributed by atoms with Crippen molar-refractivity contribution in [3.8, 4) is 0 Å². The van der Waals surface area contributed by atoms with Gasteiger partial charge in [-0.25, -0.2) is 13.4 Å². The highest BCUT2D eigenvalue weighted by Crippen LogP contribution is 2.32. The van der Waals surface area contributed by atoms with Gasteiger partial charge in [-0.15, -0.1) is 0 Å². The molecule has 0 aliphatic carbocycles. The number of sulfonamides is 1. The molecule has 3 aromatic rings. The number of likely N-dealkylation sites (N-methyl/N-ethyl adjacent to an activating group) is 1. The topological polar surface area (TPSA) is 65.5 Å². The Bertz CT molecular complexity index is 1210. The van der Waals surface area contributed by atoms with Crippen molar-refractivity contribution in [3.05, 3.63) is 60.2 Å². The summed E-state index contributed by atoms with van der Waals surface area (Å²) in [7, 11) is -2.23. The number of rotatable bonds is 4. The molecule has 0 spiro atoms. The van der Waals surface area contributed by atoms with Crippen LogP contribution in [0.3, 0.4) is 0 Å². The summed E-state index contributed by atoms with van der Waals surface area (Å²) in [5.41, 5.74) is -1.03. The Labute approximate surface area is 178 Å². The smallest absolute Gasteiger partial charge is 0.353 e. The molecular formula is C21H21F3N4O2S. The quantitative estimate of drug-likeness (QED) is 0.655. The largest absolute Gasteiger partial charge is 0.416 e. The summed E-state index contributed by atoms with van der Waals surface area (Å²) in [5.74, 6) is 0.706. The maximum Gasteiger partial charge on any atom is 0.416 e. The highest BCUT2D eigenvalue weighted by atomic mass is 32.2. The fraction of sp³-hybridized carbons (Fsp3) is 0.286. The van der Waals surface area contributed by atoms with Crippen molar-refractivity contribution in [2.75, 3.05) is 42.8 Å². The lowest BCUT2D eigenvalue weighted by atomic mass is 10.1. The normalized spacial score (nSPS) is 15.9. The van der Waals surface area contributed by atoms with Crippen molar-refractivity contribution >= 4 is 32.4 Å². The number of anilines is 2. The number of fused-ring (bicyclic) bond motifs is 1. The monoisotopic (exact) mass is 450 g/mol. The van der Waals surface area contributed by atoms with Crippen molar-refractivity contribution in [1.29, 1.82) is 0 Å². The summed E-state index contributed by atoms with van der Waals surface area (Å²) in [6.45, 7) is 3.15. The van der Waals surface area contributed by atoms with Gasteiger partial charge in [0.25, 0.3) is 10.0 Å². The van der Waals surface area contributed by atoms with Gasteiger partial charge in [-0.3, -0.25) is 4.72 Å². The molecule has 10 heteroatoms. The van der Waals surface area contributed by atoms with Gasteiger partial charge in [-0.05, 0) is 36.7 Å². The van der Waals surface area contributed by atoms with Crippen molar-refractivity contribution < 1.29 is 21.6 Å². The first-order valence-electron chi connectivity index (χ1n) is 9.67. The number of hydrogen-bond acceptors (Lipinski definition) is 5. The summed E-state index contributed by atoms with van der Waals surface area (Å²) in [5, 5.41) is 1.67. The van der Waals surface area contributed by atoms with Gasteiger partial charge in [0.2, 0.25) is 0 Å². The van der Waals surface area contributed by atoms with Crippen LogP contribution >= 0.6 is 0 Å². The number of benzene rings is 2. The summed E-state index contributed by atoms with van der Waals surface area (Å²) in [4.78, 5) is 8.33. The Hall–Kier alpha value is -2.85. The molecule has 1 fully saturated rings. The molecule has 164 valence electrons. The van der Waals surface area contributed by atoms with E-state index in [9.17, 15) is 21.6 Å². The molecule has 1 aliphatic rings. The van der Waals surface area contributed by atoms with E-state index in [2.05, 4.69) is 19.5 Å². The summed E-state index contributed by atoms with van der Waals surface area (Å²) >= 11 is 0. The van der Waals surface area contributed by atoms with E-state index in [1.807, 2.05) is 31.3 Å². The fourth-order valence-corrected chi connectivity index (χ4v) is 4.57. The molecule has 0 atom stereocenters. The maximum absolute atomic E-state index is 13.0. The number of halogens is 3. The average molecular weight is 450 g/mol. The molecule has 1 N–H and O–H groups in total. The summed E-state index contributed by atoms with van der Waals surface area (Å²) in [6, 6.07) is 12.7. The van der Waals surface area contributed by atoms with Gasteiger partial charge in [-0.2, -0.15) is 13.2 Å². The first-order valence-corrected chi connectivity index (χ1v) is 11.2. The standard InChI is InChI=1S/C21H21F3N4O2S/c1-27-9-11-28(12-10-27)20-18-8-3-2-5-15(18)13-19(25-20)26-31(29,30)17-7-4-6-16(14-17)21(22,23)24/h2-8,13-14H,9-12H2,1H3,(H,25,26). The number of piperazine rings is 1. The van der Waals surface area contributed by atoms with Crippen LogP contribution < -0.4 is 9.62 Å². The van der Waals surface area contributed by atoms with Crippen LogP contribution in [0.2, 0.25) is 0 Å². The van der Waals surface area contributed by atoms with E-state index in [1.54, 1.807) is 6.07 Å². The van der Waals surface area contributed by atoms with Gasteiger partial charge in [0.1, 0.15) is 11.6 Å². The third-order valence-corrected chi connectivity index (χ3v) is 6.59. The predicted molar refractivity (Wildman–Crippen MR) is 114 cm³/mol. The molecule has 0 saturated carbocycles. The van der Waals surface area contributed by atoms with E-state index in [0.717, 1.165) is 55.2 Å². The van der Waals surface area contributed by atoms with Crippen LogP contribution in [0.5, 0.6) is 0 Å². The first kappa shape index (κ1) is 21.4. The van der Waals surface area contributed by atoms with E-state index >= 15 is 0 Å². The molecule has 4 rings (SSSR count). The fourth-order valence-electron chi connectivity index (χ4n) is 3.53.